The van der Waals surface area contributed by atoms with Gasteiger partial charge in [-0.15, -0.1) is 0 Å². The van der Waals surface area contributed by atoms with E-state index in [9.17, 15) is 18.7 Å². The highest BCUT2D eigenvalue weighted by molar-refractivity contribution is 5.79. The first-order chi connectivity index (χ1) is 8.94. The van der Waals surface area contributed by atoms with Gasteiger partial charge in [0, 0.05) is 0 Å². The highest BCUT2D eigenvalue weighted by Crippen LogP contribution is 2.41. The first-order valence-electron chi connectivity index (χ1n) is 7.21. The molecule has 0 spiro atoms. The quantitative estimate of drug-likeness (QED) is 0.573. The molecule has 1 fully saturated rings. The minimum atomic E-state index is -3.79. The van der Waals surface area contributed by atoms with Crippen molar-refractivity contribution in [3.05, 3.63) is 0 Å². The Morgan fingerprint density at radius 3 is 2.42 bits per heavy atom. The van der Waals surface area contributed by atoms with Crippen LogP contribution in [0.5, 0.6) is 0 Å². The molecule has 1 saturated carbocycles. The van der Waals surface area contributed by atoms with Gasteiger partial charge in [0.1, 0.15) is 5.60 Å². The molecular formula is C14H24F2O3. The molecule has 5 heteroatoms. The fraction of sp³-hybridized carbons (Fsp3) is 0.929. The third-order valence-electron chi connectivity index (χ3n) is 3.75. The van der Waals surface area contributed by atoms with Gasteiger partial charge in [-0.25, -0.2) is 4.79 Å². The van der Waals surface area contributed by atoms with Crippen molar-refractivity contribution in [2.24, 2.45) is 0 Å². The second-order valence-corrected chi connectivity index (χ2v) is 5.36. The van der Waals surface area contributed by atoms with Crippen LogP contribution >= 0.6 is 0 Å². The predicted molar refractivity (Wildman–Crippen MR) is 68.1 cm³/mol. The van der Waals surface area contributed by atoms with Crippen LogP contribution in [-0.4, -0.2) is 29.2 Å². The molecule has 0 heterocycles. The molecular weight excluding hydrogens is 254 g/mol. The first kappa shape index (κ1) is 16.3. The largest absolute Gasteiger partial charge is 0.461 e. The Morgan fingerprint density at radius 2 is 1.84 bits per heavy atom. The number of hydrogen-bond donors (Lipinski definition) is 1. The predicted octanol–water partition coefficient (Wildman–Crippen LogP) is 3.44. The number of unbranched alkanes of at least 4 members (excludes halogenated alkanes) is 3. The van der Waals surface area contributed by atoms with Crippen molar-refractivity contribution in [3.63, 3.8) is 0 Å². The monoisotopic (exact) mass is 278 g/mol. The van der Waals surface area contributed by atoms with Gasteiger partial charge in [0.05, 0.1) is 6.61 Å². The summed E-state index contributed by atoms with van der Waals surface area (Å²) in [6.45, 7) is 2.04. The lowest BCUT2D eigenvalue weighted by Crippen LogP contribution is -2.55. The second-order valence-electron chi connectivity index (χ2n) is 5.36. The highest BCUT2D eigenvalue weighted by Gasteiger charge is 2.59. The first-order valence-corrected chi connectivity index (χ1v) is 7.21. The number of hydrogen-bond acceptors (Lipinski definition) is 3. The molecule has 112 valence electrons. The van der Waals surface area contributed by atoms with E-state index < -0.39 is 17.5 Å². The maximum absolute atomic E-state index is 13.9. The summed E-state index contributed by atoms with van der Waals surface area (Å²) in [6, 6.07) is 0. The maximum Gasteiger partial charge on any atom is 0.380 e. The van der Waals surface area contributed by atoms with Crippen LogP contribution in [-0.2, 0) is 9.53 Å². The fourth-order valence-electron chi connectivity index (χ4n) is 2.42. The van der Waals surface area contributed by atoms with E-state index in [1.807, 2.05) is 6.92 Å². The van der Waals surface area contributed by atoms with Gasteiger partial charge in [0.2, 0.25) is 0 Å². The molecule has 0 saturated heterocycles. The molecule has 0 aromatic carbocycles. The van der Waals surface area contributed by atoms with E-state index in [1.165, 1.54) is 0 Å². The summed E-state index contributed by atoms with van der Waals surface area (Å²) in [6.07, 6.45) is 5.28. The van der Waals surface area contributed by atoms with Crippen LogP contribution in [0, 0.1) is 0 Å². The number of alkyl halides is 2. The number of halogens is 2. The lowest BCUT2D eigenvalue weighted by molar-refractivity contribution is -0.220. The van der Waals surface area contributed by atoms with Crippen molar-refractivity contribution < 1.29 is 23.4 Å². The van der Waals surface area contributed by atoms with Gasteiger partial charge in [-0.05, 0) is 19.3 Å². The summed E-state index contributed by atoms with van der Waals surface area (Å²) >= 11 is 0. The standard InChI is InChI=1S/C14H24F2O3/c1-2-3-4-8-11-19-12(17)14(15,16)13(18)9-6-5-7-10-13/h18H,2-11H2,1H3. The fourth-order valence-corrected chi connectivity index (χ4v) is 2.42. The molecule has 0 aliphatic heterocycles. The molecule has 0 unspecified atom stereocenters. The lowest BCUT2D eigenvalue weighted by Gasteiger charge is -2.36. The molecule has 1 rings (SSSR count). The van der Waals surface area contributed by atoms with Crippen LogP contribution in [0.15, 0.2) is 0 Å². The maximum atomic E-state index is 13.9. The molecule has 3 nitrogen and oxygen atoms in total. The summed E-state index contributed by atoms with van der Waals surface area (Å²) in [4.78, 5) is 11.5. The number of aliphatic hydroxyl groups is 1. The third-order valence-corrected chi connectivity index (χ3v) is 3.75. The number of esters is 1. The molecule has 0 amide bonds. The van der Waals surface area contributed by atoms with Crippen molar-refractivity contribution in [2.45, 2.75) is 76.2 Å². The molecule has 0 aromatic rings. The summed E-state index contributed by atoms with van der Waals surface area (Å²) in [5, 5.41) is 9.96. The van der Waals surface area contributed by atoms with Crippen LogP contribution in [0.1, 0.15) is 64.7 Å². The number of carbonyl (C=O) groups is 1. The minimum Gasteiger partial charge on any atom is -0.461 e. The molecule has 0 bridgehead atoms. The molecule has 0 atom stereocenters. The van der Waals surface area contributed by atoms with Gasteiger partial charge in [-0.2, -0.15) is 8.78 Å². The molecule has 1 N–H and O–H groups in total. The van der Waals surface area contributed by atoms with Crippen molar-refractivity contribution in [1.29, 1.82) is 0 Å². The summed E-state index contributed by atoms with van der Waals surface area (Å²) in [7, 11) is 0. The molecule has 0 aromatic heterocycles. The van der Waals surface area contributed by atoms with Gasteiger partial charge >= 0.3 is 11.9 Å². The van der Waals surface area contributed by atoms with Gasteiger partial charge in [0.15, 0.2) is 0 Å². The van der Waals surface area contributed by atoms with E-state index in [0.29, 0.717) is 19.3 Å². The average Bonchev–Trinajstić information content (AvgIpc) is 2.39. The van der Waals surface area contributed by atoms with Gasteiger partial charge in [-0.1, -0.05) is 45.4 Å². The third kappa shape index (κ3) is 4.13. The number of carbonyl (C=O) groups excluding carboxylic acids is 1. The van der Waals surface area contributed by atoms with Crippen molar-refractivity contribution in [2.75, 3.05) is 6.61 Å². The van der Waals surface area contributed by atoms with Crippen molar-refractivity contribution in [3.8, 4) is 0 Å². The summed E-state index contributed by atoms with van der Waals surface area (Å²) in [5.41, 5.74) is -2.22. The van der Waals surface area contributed by atoms with E-state index in [1.54, 1.807) is 0 Å². The topological polar surface area (TPSA) is 46.5 Å². The minimum absolute atomic E-state index is 0.00447. The zero-order chi connectivity index (χ0) is 14.4. The Morgan fingerprint density at radius 1 is 1.21 bits per heavy atom. The Kier molecular flexibility index (Phi) is 6.17. The molecule has 0 radical (unpaired) electrons. The van der Waals surface area contributed by atoms with E-state index in [2.05, 4.69) is 4.74 Å². The Hall–Kier alpha value is -0.710. The smallest absolute Gasteiger partial charge is 0.380 e. The van der Waals surface area contributed by atoms with Crippen LogP contribution < -0.4 is 0 Å². The number of rotatable bonds is 7. The van der Waals surface area contributed by atoms with E-state index in [0.717, 1.165) is 25.7 Å². The van der Waals surface area contributed by atoms with Gasteiger partial charge in [0.25, 0.3) is 0 Å². The Bertz CT molecular complexity index is 286. The zero-order valence-corrected chi connectivity index (χ0v) is 11.6. The Balaban J connectivity index is 2.44. The van der Waals surface area contributed by atoms with Crippen molar-refractivity contribution >= 4 is 5.97 Å². The van der Waals surface area contributed by atoms with Crippen LogP contribution in [0.4, 0.5) is 8.78 Å². The van der Waals surface area contributed by atoms with Crippen LogP contribution in [0.25, 0.3) is 0 Å². The van der Waals surface area contributed by atoms with E-state index in [4.69, 9.17) is 0 Å². The van der Waals surface area contributed by atoms with Crippen LogP contribution in [0.3, 0.4) is 0 Å². The normalized spacial score (nSPS) is 19.2. The van der Waals surface area contributed by atoms with Gasteiger partial charge < -0.3 is 9.84 Å². The van der Waals surface area contributed by atoms with E-state index >= 15 is 0 Å². The average molecular weight is 278 g/mol. The summed E-state index contributed by atoms with van der Waals surface area (Å²) < 4.78 is 32.5. The van der Waals surface area contributed by atoms with Crippen molar-refractivity contribution in [1.82, 2.24) is 0 Å². The van der Waals surface area contributed by atoms with Gasteiger partial charge in [-0.3, -0.25) is 0 Å². The Labute approximate surface area is 113 Å². The molecule has 1 aliphatic carbocycles. The molecule has 1 aliphatic rings. The van der Waals surface area contributed by atoms with E-state index in [-0.39, 0.29) is 19.4 Å². The zero-order valence-electron chi connectivity index (χ0n) is 11.6. The lowest BCUT2D eigenvalue weighted by atomic mass is 9.80. The molecule has 19 heavy (non-hydrogen) atoms. The van der Waals surface area contributed by atoms with Crippen LogP contribution in [0.2, 0.25) is 0 Å². The highest BCUT2D eigenvalue weighted by atomic mass is 19.3. The summed E-state index contributed by atoms with van der Waals surface area (Å²) in [5.74, 6) is -5.37. The SMILES string of the molecule is CCCCCCOC(=O)C(F)(F)C1(O)CCCCC1. The second kappa shape index (κ2) is 7.17. The number of ether oxygens (including phenoxy) is 1.